The molecule has 3 N–H and O–H groups in total. The molecule has 0 heterocycles. The first kappa shape index (κ1) is 16.2. The van der Waals surface area contributed by atoms with E-state index in [1.165, 1.54) is 0 Å². The summed E-state index contributed by atoms with van der Waals surface area (Å²) in [6, 6.07) is 14.3. The number of benzene rings is 2. The Bertz CT molecular complexity index is 737. The van der Waals surface area contributed by atoms with E-state index in [0.29, 0.717) is 23.7 Å². The van der Waals surface area contributed by atoms with Crippen LogP contribution in [0.5, 0.6) is 0 Å². The molecule has 124 valence electrons. The molecule has 2 amide bonds. The van der Waals surface area contributed by atoms with Gasteiger partial charge >= 0.3 is 0 Å². The molecule has 3 rings (SSSR count). The highest BCUT2D eigenvalue weighted by atomic mass is 16.3. The summed E-state index contributed by atoms with van der Waals surface area (Å²) in [4.78, 5) is 24.1. The number of carbonyl (C=O) groups excluding carboxylic acids is 2. The highest BCUT2D eigenvalue weighted by molar-refractivity contribution is 5.98. The van der Waals surface area contributed by atoms with Gasteiger partial charge in [0.15, 0.2) is 0 Å². The van der Waals surface area contributed by atoms with Gasteiger partial charge < -0.3 is 15.7 Å². The molecule has 1 saturated carbocycles. The monoisotopic (exact) mass is 324 g/mol. The van der Waals surface area contributed by atoms with E-state index in [9.17, 15) is 14.7 Å². The standard InChI is InChI=1S/C19H20N2O3/c22-12-16-4-2-1-3-15(16)11-20-18(23)13-5-7-14(8-6-13)19(24)21-17-9-10-17/h1-8,17,22H,9-12H2,(H,20,23)(H,21,24). The third-order valence-electron chi connectivity index (χ3n) is 4.05. The van der Waals surface area contributed by atoms with Gasteiger partial charge in [-0.05, 0) is 48.2 Å². The topological polar surface area (TPSA) is 78.4 Å². The summed E-state index contributed by atoms with van der Waals surface area (Å²) in [5.41, 5.74) is 2.74. The molecule has 0 saturated heterocycles. The van der Waals surface area contributed by atoms with Gasteiger partial charge in [-0.2, -0.15) is 0 Å². The third-order valence-corrected chi connectivity index (χ3v) is 4.05. The highest BCUT2D eigenvalue weighted by Gasteiger charge is 2.23. The number of carbonyl (C=O) groups is 2. The van der Waals surface area contributed by atoms with Crippen LogP contribution in [0.1, 0.15) is 44.7 Å². The predicted molar refractivity (Wildman–Crippen MR) is 90.5 cm³/mol. The van der Waals surface area contributed by atoms with E-state index in [0.717, 1.165) is 24.0 Å². The molecule has 2 aromatic rings. The molecule has 2 aromatic carbocycles. The second kappa shape index (κ2) is 7.27. The molecular weight excluding hydrogens is 304 g/mol. The first-order valence-electron chi connectivity index (χ1n) is 8.04. The van der Waals surface area contributed by atoms with Crippen LogP contribution in [0.25, 0.3) is 0 Å². The van der Waals surface area contributed by atoms with Crippen molar-refractivity contribution < 1.29 is 14.7 Å². The molecule has 1 fully saturated rings. The Labute approximate surface area is 140 Å². The molecule has 0 aromatic heterocycles. The number of hydrogen-bond donors (Lipinski definition) is 3. The first-order chi connectivity index (χ1) is 11.7. The van der Waals surface area contributed by atoms with Gasteiger partial charge in [-0.1, -0.05) is 24.3 Å². The van der Waals surface area contributed by atoms with Crippen LogP contribution in [-0.2, 0) is 13.2 Å². The van der Waals surface area contributed by atoms with E-state index in [1.807, 2.05) is 24.3 Å². The van der Waals surface area contributed by atoms with E-state index in [4.69, 9.17) is 0 Å². The van der Waals surface area contributed by atoms with Crippen molar-refractivity contribution in [2.75, 3.05) is 0 Å². The summed E-state index contributed by atoms with van der Waals surface area (Å²) in [5, 5.41) is 15.0. The fourth-order valence-corrected chi connectivity index (χ4v) is 2.43. The summed E-state index contributed by atoms with van der Waals surface area (Å²) in [5.74, 6) is -0.307. The Morgan fingerprint density at radius 3 is 2.08 bits per heavy atom. The lowest BCUT2D eigenvalue weighted by atomic mass is 10.1. The van der Waals surface area contributed by atoms with E-state index < -0.39 is 0 Å². The molecule has 0 spiro atoms. The Morgan fingerprint density at radius 2 is 1.50 bits per heavy atom. The quantitative estimate of drug-likeness (QED) is 0.760. The second-order valence-corrected chi connectivity index (χ2v) is 5.93. The van der Waals surface area contributed by atoms with Crippen molar-refractivity contribution in [1.82, 2.24) is 10.6 Å². The number of rotatable bonds is 6. The Morgan fingerprint density at radius 1 is 0.917 bits per heavy atom. The van der Waals surface area contributed by atoms with Crippen LogP contribution in [0.4, 0.5) is 0 Å². The van der Waals surface area contributed by atoms with E-state index >= 15 is 0 Å². The molecule has 0 atom stereocenters. The van der Waals surface area contributed by atoms with Gasteiger partial charge in [-0.15, -0.1) is 0 Å². The lowest BCUT2D eigenvalue weighted by Gasteiger charge is -2.09. The Hall–Kier alpha value is -2.66. The van der Waals surface area contributed by atoms with Crippen LogP contribution in [0.15, 0.2) is 48.5 Å². The molecule has 0 unspecified atom stereocenters. The summed E-state index contributed by atoms with van der Waals surface area (Å²) in [7, 11) is 0. The fraction of sp³-hybridized carbons (Fsp3) is 0.263. The van der Waals surface area contributed by atoms with Gasteiger partial charge in [0.25, 0.3) is 11.8 Å². The molecule has 5 heteroatoms. The molecule has 5 nitrogen and oxygen atoms in total. The second-order valence-electron chi connectivity index (χ2n) is 5.93. The molecule has 1 aliphatic rings. The number of nitrogens with one attached hydrogen (secondary N) is 2. The van der Waals surface area contributed by atoms with Gasteiger partial charge in [-0.3, -0.25) is 9.59 Å². The summed E-state index contributed by atoms with van der Waals surface area (Å²) in [6.45, 7) is 0.288. The number of aliphatic hydroxyl groups is 1. The summed E-state index contributed by atoms with van der Waals surface area (Å²) >= 11 is 0. The van der Waals surface area contributed by atoms with E-state index in [-0.39, 0.29) is 18.4 Å². The maximum atomic E-state index is 12.2. The first-order valence-corrected chi connectivity index (χ1v) is 8.04. The molecule has 0 radical (unpaired) electrons. The molecule has 0 bridgehead atoms. The van der Waals surface area contributed by atoms with E-state index in [2.05, 4.69) is 10.6 Å². The lowest BCUT2D eigenvalue weighted by molar-refractivity contribution is 0.0939. The van der Waals surface area contributed by atoms with Crippen LogP contribution in [-0.4, -0.2) is 23.0 Å². The van der Waals surface area contributed by atoms with E-state index in [1.54, 1.807) is 24.3 Å². The lowest BCUT2D eigenvalue weighted by Crippen LogP contribution is -2.26. The zero-order valence-electron chi connectivity index (χ0n) is 13.3. The van der Waals surface area contributed by atoms with Gasteiger partial charge in [0.2, 0.25) is 0 Å². The van der Waals surface area contributed by atoms with Crippen LogP contribution < -0.4 is 10.6 Å². The summed E-state index contributed by atoms with van der Waals surface area (Å²) < 4.78 is 0. The summed E-state index contributed by atoms with van der Waals surface area (Å²) in [6.07, 6.45) is 2.09. The minimum absolute atomic E-state index is 0.0587. The normalized spacial score (nSPS) is 13.4. The van der Waals surface area contributed by atoms with Crippen LogP contribution >= 0.6 is 0 Å². The zero-order valence-corrected chi connectivity index (χ0v) is 13.3. The van der Waals surface area contributed by atoms with Gasteiger partial charge in [-0.25, -0.2) is 0 Å². The van der Waals surface area contributed by atoms with Crippen LogP contribution in [0.2, 0.25) is 0 Å². The Balaban J connectivity index is 1.59. The Kier molecular flexibility index (Phi) is 4.91. The van der Waals surface area contributed by atoms with Crippen molar-refractivity contribution >= 4 is 11.8 Å². The molecule has 0 aliphatic heterocycles. The van der Waals surface area contributed by atoms with Crippen LogP contribution in [0.3, 0.4) is 0 Å². The molecule has 24 heavy (non-hydrogen) atoms. The fourth-order valence-electron chi connectivity index (χ4n) is 2.43. The number of amides is 2. The minimum atomic E-state index is -0.211. The molecule has 1 aliphatic carbocycles. The highest BCUT2D eigenvalue weighted by Crippen LogP contribution is 2.19. The van der Waals surface area contributed by atoms with Gasteiger partial charge in [0.05, 0.1) is 6.61 Å². The van der Waals surface area contributed by atoms with Crippen molar-refractivity contribution in [2.24, 2.45) is 0 Å². The zero-order chi connectivity index (χ0) is 16.9. The SMILES string of the molecule is O=C(NCc1ccccc1CO)c1ccc(C(=O)NC2CC2)cc1. The van der Waals surface area contributed by atoms with Crippen molar-refractivity contribution in [3.05, 3.63) is 70.8 Å². The van der Waals surface area contributed by atoms with Crippen molar-refractivity contribution in [1.29, 1.82) is 0 Å². The maximum Gasteiger partial charge on any atom is 0.251 e. The molecular formula is C19H20N2O3. The average Bonchev–Trinajstić information content (AvgIpc) is 3.44. The smallest absolute Gasteiger partial charge is 0.251 e. The predicted octanol–water partition coefficient (Wildman–Crippen LogP) is 2.00. The van der Waals surface area contributed by atoms with Gasteiger partial charge in [0, 0.05) is 23.7 Å². The maximum absolute atomic E-state index is 12.2. The largest absolute Gasteiger partial charge is 0.392 e. The number of aliphatic hydroxyl groups excluding tert-OH is 1. The van der Waals surface area contributed by atoms with Gasteiger partial charge in [0.1, 0.15) is 0 Å². The van der Waals surface area contributed by atoms with Crippen molar-refractivity contribution in [3.8, 4) is 0 Å². The van der Waals surface area contributed by atoms with Crippen molar-refractivity contribution in [2.45, 2.75) is 32.0 Å². The third kappa shape index (κ3) is 4.00. The van der Waals surface area contributed by atoms with Crippen molar-refractivity contribution in [3.63, 3.8) is 0 Å². The minimum Gasteiger partial charge on any atom is -0.392 e. The average molecular weight is 324 g/mol. The number of hydrogen-bond acceptors (Lipinski definition) is 3. The van der Waals surface area contributed by atoms with Crippen LogP contribution in [0, 0.1) is 0 Å².